The Hall–Kier alpha value is -0.910. The molecule has 1 N–H and O–H groups in total. The van der Waals surface area contributed by atoms with E-state index in [9.17, 15) is 9.59 Å². The number of halogens is 1. The molecule has 0 saturated heterocycles. The molecule has 0 atom stereocenters. The second kappa shape index (κ2) is 6.31. The van der Waals surface area contributed by atoms with Crippen molar-refractivity contribution in [3.8, 4) is 0 Å². The molecule has 0 aromatic heterocycles. The van der Waals surface area contributed by atoms with Crippen molar-refractivity contribution in [2.45, 2.75) is 32.1 Å². The van der Waals surface area contributed by atoms with Gasteiger partial charge in [-0.15, -0.1) is 0 Å². The minimum Gasteiger partial charge on any atom is -0.481 e. The molecule has 18 heavy (non-hydrogen) atoms. The highest BCUT2D eigenvalue weighted by Crippen LogP contribution is 2.24. The van der Waals surface area contributed by atoms with Gasteiger partial charge < -0.3 is 5.11 Å². The molecule has 0 radical (unpaired) electrons. The van der Waals surface area contributed by atoms with E-state index in [1.165, 1.54) is 0 Å². The van der Waals surface area contributed by atoms with E-state index >= 15 is 0 Å². The van der Waals surface area contributed by atoms with Gasteiger partial charge in [-0.2, -0.15) is 0 Å². The van der Waals surface area contributed by atoms with E-state index in [1.54, 1.807) is 38.1 Å². The van der Waals surface area contributed by atoms with Crippen molar-refractivity contribution in [3.63, 3.8) is 0 Å². The quantitative estimate of drug-likeness (QED) is 0.480. The number of rotatable bonds is 6. The fourth-order valence-electron chi connectivity index (χ4n) is 1.57. The maximum Gasteiger partial charge on any atom is 0.313 e. The van der Waals surface area contributed by atoms with Gasteiger partial charge in [0.15, 0.2) is 5.78 Å². The van der Waals surface area contributed by atoms with E-state index in [-0.39, 0.29) is 5.78 Å². The molecule has 98 valence electrons. The monoisotopic (exact) mass is 360 g/mol. The fourth-order valence-corrected chi connectivity index (χ4v) is 1.95. The standard InChI is InChI=1S/C14H17IO3/c1-14(2,13(17)18)11-7-5-10(6-8-11)12(16)4-3-9-15/h5-8H,3-4,9H2,1-2H3,(H,17,18). The van der Waals surface area contributed by atoms with Crippen molar-refractivity contribution in [2.75, 3.05) is 4.43 Å². The molecule has 0 aliphatic carbocycles. The largest absolute Gasteiger partial charge is 0.481 e. The SMILES string of the molecule is CC(C)(C(=O)O)c1ccc(C(=O)CCCI)cc1. The minimum atomic E-state index is -0.927. The van der Waals surface area contributed by atoms with Crippen LogP contribution in [-0.2, 0) is 10.2 Å². The molecule has 0 amide bonds. The van der Waals surface area contributed by atoms with E-state index < -0.39 is 11.4 Å². The van der Waals surface area contributed by atoms with Gasteiger partial charge in [-0.05, 0) is 30.3 Å². The number of carboxylic acids is 1. The highest BCUT2D eigenvalue weighted by atomic mass is 127. The summed E-state index contributed by atoms with van der Waals surface area (Å²) in [5.74, 6) is -0.752. The second-order valence-electron chi connectivity index (χ2n) is 4.72. The van der Waals surface area contributed by atoms with Gasteiger partial charge in [0.25, 0.3) is 0 Å². The van der Waals surface area contributed by atoms with Crippen LogP contribution in [0.2, 0.25) is 0 Å². The summed E-state index contributed by atoms with van der Waals surface area (Å²) in [6, 6.07) is 6.89. The molecule has 0 bridgehead atoms. The number of carboxylic acid groups (broad SMARTS) is 1. The van der Waals surface area contributed by atoms with Gasteiger partial charge in [0.05, 0.1) is 5.41 Å². The van der Waals surface area contributed by atoms with Crippen LogP contribution in [0.3, 0.4) is 0 Å². The van der Waals surface area contributed by atoms with E-state index in [2.05, 4.69) is 22.6 Å². The molecule has 1 aromatic rings. The Labute approximate surface area is 121 Å². The Bertz CT molecular complexity index is 435. The van der Waals surface area contributed by atoms with Crippen LogP contribution in [0.5, 0.6) is 0 Å². The number of hydrogen-bond donors (Lipinski definition) is 1. The van der Waals surface area contributed by atoms with Crippen LogP contribution in [-0.4, -0.2) is 21.3 Å². The second-order valence-corrected chi connectivity index (χ2v) is 5.80. The molecule has 0 aliphatic rings. The maximum atomic E-state index is 11.8. The highest BCUT2D eigenvalue weighted by molar-refractivity contribution is 14.1. The van der Waals surface area contributed by atoms with Crippen LogP contribution in [0.1, 0.15) is 42.6 Å². The topological polar surface area (TPSA) is 54.4 Å². The first kappa shape index (κ1) is 15.1. The van der Waals surface area contributed by atoms with Crippen LogP contribution in [0, 0.1) is 0 Å². The molecule has 1 aromatic carbocycles. The summed E-state index contributed by atoms with van der Waals surface area (Å²) in [6.45, 7) is 3.31. The molecule has 1 rings (SSSR count). The van der Waals surface area contributed by atoms with Crippen molar-refractivity contribution in [1.29, 1.82) is 0 Å². The zero-order chi connectivity index (χ0) is 13.8. The summed E-state index contributed by atoms with van der Waals surface area (Å²) in [6.07, 6.45) is 1.42. The van der Waals surface area contributed by atoms with Gasteiger partial charge >= 0.3 is 5.97 Å². The first-order valence-electron chi connectivity index (χ1n) is 5.82. The normalized spacial score (nSPS) is 11.3. The number of benzene rings is 1. The number of Topliss-reactive ketones (excluding diaryl/α,β-unsaturated/α-hetero) is 1. The van der Waals surface area contributed by atoms with E-state index in [0.29, 0.717) is 17.5 Å². The lowest BCUT2D eigenvalue weighted by molar-refractivity contribution is -0.142. The zero-order valence-electron chi connectivity index (χ0n) is 10.6. The summed E-state index contributed by atoms with van der Waals surface area (Å²) >= 11 is 2.25. The molecular weight excluding hydrogens is 343 g/mol. The number of hydrogen-bond acceptors (Lipinski definition) is 2. The van der Waals surface area contributed by atoms with E-state index in [0.717, 1.165) is 10.8 Å². The van der Waals surface area contributed by atoms with Gasteiger partial charge in [-0.3, -0.25) is 9.59 Å². The van der Waals surface area contributed by atoms with Crippen LogP contribution in [0.15, 0.2) is 24.3 Å². The van der Waals surface area contributed by atoms with Crippen LogP contribution >= 0.6 is 22.6 Å². The van der Waals surface area contributed by atoms with Gasteiger partial charge in [0.1, 0.15) is 0 Å². The van der Waals surface area contributed by atoms with E-state index in [1.807, 2.05) is 0 Å². The molecule has 0 aliphatic heterocycles. The van der Waals surface area contributed by atoms with E-state index in [4.69, 9.17) is 5.11 Å². The zero-order valence-corrected chi connectivity index (χ0v) is 12.7. The molecule has 0 saturated carbocycles. The molecular formula is C14H17IO3. The van der Waals surface area contributed by atoms with Crippen molar-refractivity contribution in [3.05, 3.63) is 35.4 Å². The highest BCUT2D eigenvalue weighted by Gasteiger charge is 2.29. The first-order valence-corrected chi connectivity index (χ1v) is 7.35. The number of alkyl halides is 1. The predicted molar refractivity (Wildman–Crippen MR) is 79.6 cm³/mol. The summed E-state index contributed by atoms with van der Waals surface area (Å²) in [5, 5.41) is 9.12. The number of carbonyl (C=O) groups excluding carboxylic acids is 1. The average Bonchev–Trinajstić information content (AvgIpc) is 2.35. The average molecular weight is 360 g/mol. The van der Waals surface area contributed by atoms with Gasteiger partial charge in [-0.1, -0.05) is 46.9 Å². The molecule has 3 nitrogen and oxygen atoms in total. The predicted octanol–water partition coefficient (Wildman–Crippen LogP) is 3.45. The fraction of sp³-hybridized carbons (Fsp3) is 0.429. The van der Waals surface area contributed by atoms with Crippen LogP contribution in [0.4, 0.5) is 0 Å². The van der Waals surface area contributed by atoms with Crippen molar-refractivity contribution < 1.29 is 14.7 Å². The third-order valence-corrected chi connectivity index (χ3v) is 3.76. The smallest absolute Gasteiger partial charge is 0.313 e. The summed E-state index contributed by atoms with van der Waals surface area (Å²) in [4.78, 5) is 22.9. The Kier molecular flexibility index (Phi) is 5.31. The third-order valence-electron chi connectivity index (χ3n) is 3.00. The Morgan fingerprint density at radius 3 is 2.22 bits per heavy atom. The molecule has 0 heterocycles. The summed E-state index contributed by atoms with van der Waals surface area (Å²) < 4.78 is 0.966. The van der Waals surface area contributed by atoms with Crippen LogP contribution < -0.4 is 0 Å². The Morgan fingerprint density at radius 1 is 1.22 bits per heavy atom. The number of ketones is 1. The lowest BCUT2D eigenvalue weighted by Gasteiger charge is -2.19. The van der Waals surface area contributed by atoms with Gasteiger partial charge in [0, 0.05) is 12.0 Å². The Balaban J connectivity index is 2.86. The molecule has 4 heteroatoms. The molecule has 0 spiro atoms. The van der Waals surface area contributed by atoms with Crippen molar-refractivity contribution in [1.82, 2.24) is 0 Å². The first-order chi connectivity index (χ1) is 8.39. The lowest BCUT2D eigenvalue weighted by atomic mass is 9.84. The molecule has 0 unspecified atom stereocenters. The Morgan fingerprint density at radius 2 is 1.78 bits per heavy atom. The third kappa shape index (κ3) is 3.54. The summed E-state index contributed by atoms with van der Waals surface area (Å²) in [7, 11) is 0. The number of aliphatic carboxylic acids is 1. The van der Waals surface area contributed by atoms with Crippen LogP contribution in [0.25, 0.3) is 0 Å². The van der Waals surface area contributed by atoms with Gasteiger partial charge in [0.2, 0.25) is 0 Å². The van der Waals surface area contributed by atoms with Crippen molar-refractivity contribution >= 4 is 34.3 Å². The molecule has 0 fully saturated rings. The summed E-state index contributed by atoms with van der Waals surface area (Å²) in [5.41, 5.74) is 0.439. The lowest BCUT2D eigenvalue weighted by Crippen LogP contribution is -2.28. The minimum absolute atomic E-state index is 0.117. The van der Waals surface area contributed by atoms with Crippen molar-refractivity contribution in [2.24, 2.45) is 0 Å². The number of carbonyl (C=O) groups is 2. The maximum absolute atomic E-state index is 11.8. The van der Waals surface area contributed by atoms with Gasteiger partial charge in [-0.25, -0.2) is 0 Å².